The molecule has 2 unspecified atom stereocenters. The summed E-state index contributed by atoms with van der Waals surface area (Å²) < 4.78 is 0. The third-order valence-electron chi connectivity index (χ3n) is 4.16. The van der Waals surface area contributed by atoms with E-state index in [1.165, 1.54) is 42.4 Å². The van der Waals surface area contributed by atoms with Crippen LogP contribution in [0.5, 0.6) is 0 Å². The molecule has 2 rings (SSSR count). The Morgan fingerprint density at radius 3 is 2.83 bits per heavy atom. The van der Waals surface area contributed by atoms with Crippen LogP contribution in [0, 0.1) is 5.92 Å². The highest BCUT2D eigenvalue weighted by atomic mass is 14.7. The predicted molar refractivity (Wildman–Crippen MR) is 79.5 cm³/mol. The lowest BCUT2D eigenvalue weighted by Gasteiger charge is -2.16. The van der Waals surface area contributed by atoms with Gasteiger partial charge in [-0.05, 0) is 48.3 Å². The Hall–Kier alpha value is -1.08. The number of hydrogen-bond donors (Lipinski definition) is 1. The van der Waals surface area contributed by atoms with Gasteiger partial charge in [-0.1, -0.05) is 50.6 Å². The van der Waals surface area contributed by atoms with E-state index in [2.05, 4.69) is 31.7 Å². The quantitative estimate of drug-likeness (QED) is 0.832. The molecule has 2 atom stereocenters. The second-order valence-electron chi connectivity index (χ2n) is 5.55. The minimum absolute atomic E-state index is 0.415. The van der Waals surface area contributed by atoms with Gasteiger partial charge in [0, 0.05) is 6.04 Å². The number of hydrogen-bond acceptors (Lipinski definition) is 1. The Balaban J connectivity index is 2.13. The van der Waals surface area contributed by atoms with Crippen LogP contribution in [0.25, 0.3) is 6.08 Å². The van der Waals surface area contributed by atoms with Crippen LogP contribution < -0.4 is 5.73 Å². The van der Waals surface area contributed by atoms with Crippen LogP contribution >= 0.6 is 0 Å². The van der Waals surface area contributed by atoms with Crippen molar-refractivity contribution in [3.63, 3.8) is 0 Å². The molecule has 0 saturated heterocycles. The Labute approximate surface area is 111 Å². The van der Waals surface area contributed by atoms with Gasteiger partial charge in [0.05, 0.1) is 0 Å². The van der Waals surface area contributed by atoms with E-state index in [0.717, 1.165) is 12.8 Å². The van der Waals surface area contributed by atoms with Crippen molar-refractivity contribution in [2.75, 3.05) is 0 Å². The van der Waals surface area contributed by atoms with E-state index in [1.807, 2.05) is 6.08 Å². The van der Waals surface area contributed by atoms with Gasteiger partial charge < -0.3 is 5.73 Å². The van der Waals surface area contributed by atoms with E-state index < -0.39 is 0 Å². The van der Waals surface area contributed by atoms with E-state index in [0.29, 0.717) is 12.0 Å². The van der Waals surface area contributed by atoms with Crippen molar-refractivity contribution in [3.05, 3.63) is 41.5 Å². The summed E-state index contributed by atoms with van der Waals surface area (Å²) >= 11 is 0. The molecule has 2 N–H and O–H groups in total. The summed E-state index contributed by atoms with van der Waals surface area (Å²) in [4.78, 5) is 0. The summed E-state index contributed by atoms with van der Waals surface area (Å²) in [6.45, 7) is 6.13. The molecule has 1 saturated carbocycles. The fraction of sp³-hybridized carbons (Fsp3) is 0.529. The highest BCUT2D eigenvalue weighted by Crippen LogP contribution is 2.28. The maximum atomic E-state index is 6.16. The topological polar surface area (TPSA) is 26.0 Å². The molecule has 0 aliphatic heterocycles. The molecule has 98 valence electrons. The van der Waals surface area contributed by atoms with Gasteiger partial charge in [-0.15, -0.1) is 0 Å². The number of rotatable bonds is 5. The Morgan fingerprint density at radius 2 is 2.22 bits per heavy atom. The van der Waals surface area contributed by atoms with Crippen molar-refractivity contribution in [2.24, 2.45) is 11.7 Å². The van der Waals surface area contributed by atoms with Crippen molar-refractivity contribution in [1.29, 1.82) is 0 Å². The summed E-state index contributed by atoms with van der Waals surface area (Å²) in [6, 6.07) is 7.25. The second-order valence-corrected chi connectivity index (χ2v) is 5.55. The summed E-state index contributed by atoms with van der Waals surface area (Å²) in [5.41, 5.74) is 10.3. The van der Waals surface area contributed by atoms with Gasteiger partial charge >= 0.3 is 0 Å². The zero-order valence-corrected chi connectivity index (χ0v) is 11.5. The lowest BCUT2D eigenvalue weighted by Crippen LogP contribution is -2.25. The summed E-state index contributed by atoms with van der Waals surface area (Å²) in [7, 11) is 0. The van der Waals surface area contributed by atoms with Crippen molar-refractivity contribution in [1.82, 2.24) is 0 Å². The lowest BCUT2D eigenvalue weighted by atomic mass is 9.92. The van der Waals surface area contributed by atoms with Gasteiger partial charge in [-0.25, -0.2) is 0 Å². The lowest BCUT2D eigenvalue weighted by molar-refractivity contribution is 0.478. The van der Waals surface area contributed by atoms with E-state index in [-0.39, 0.29) is 0 Å². The minimum atomic E-state index is 0.415. The van der Waals surface area contributed by atoms with Crippen LogP contribution in [-0.2, 0) is 12.8 Å². The first-order chi connectivity index (χ1) is 8.74. The van der Waals surface area contributed by atoms with Gasteiger partial charge in [0.1, 0.15) is 0 Å². The first-order valence-electron chi connectivity index (χ1n) is 7.24. The van der Waals surface area contributed by atoms with E-state index in [4.69, 9.17) is 5.73 Å². The third kappa shape index (κ3) is 3.02. The first kappa shape index (κ1) is 13.4. The monoisotopic (exact) mass is 243 g/mol. The largest absolute Gasteiger partial charge is 0.327 e. The number of benzene rings is 1. The summed E-state index contributed by atoms with van der Waals surface area (Å²) in [6.07, 6.45) is 9.26. The van der Waals surface area contributed by atoms with E-state index >= 15 is 0 Å². The fourth-order valence-electron chi connectivity index (χ4n) is 3.09. The molecule has 0 spiro atoms. The van der Waals surface area contributed by atoms with Gasteiger partial charge in [0.2, 0.25) is 0 Å². The zero-order valence-electron chi connectivity index (χ0n) is 11.5. The van der Waals surface area contributed by atoms with Crippen molar-refractivity contribution >= 4 is 6.08 Å². The molecule has 1 aliphatic carbocycles. The normalized spacial score (nSPS) is 23.2. The fourth-order valence-corrected chi connectivity index (χ4v) is 3.09. The average molecular weight is 243 g/mol. The number of aryl methyl sites for hydroxylation is 1. The maximum absolute atomic E-state index is 6.16. The van der Waals surface area contributed by atoms with Gasteiger partial charge in [-0.3, -0.25) is 0 Å². The average Bonchev–Trinajstić information content (AvgIpc) is 2.76. The zero-order chi connectivity index (χ0) is 13.0. The van der Waals surface area contributed by atoms with Crippen LogP contribution in [0.15, 0.2) is 24.8 Å². The molecular weight excluding hydrogens is 218 g/mol. The Bertz CT molecular complexity index is 408. The van der Waals surface area contributed by atoms with Gasteiger partial charge in [0.15, 0.2) is 0 Å². The summed E-state index contributed by atoms with van der Waals surface area (Å²) in [5, 5.41) is 0. The van der Waals surface area contributed by atoms with Crippen molar-refractivity contribution < 1.29 is 0 Å². The standard InChI is InChI=1S/C17H25N/c1-3-6-15-11-13(9-10-14(15)4-2)12-16-7-5-8-17(16)18/h4,9-11,16-17H,2-3,5-8,12,18H2,1H3. The second kappa shape index (κ2) is 6.19. The number of nitrogens with two attached hydrogens (primary N) is 1. The molecule has 0 radical (unpaired) electrons. The molecule has 18 heavy (non-hydrogen) atoms. The van der Waals surface area contributed by atoms with Crippen molar-refractivity contribution in [3.8, 4) is 0 Å². The molecule has 0 aromatic heterocycles. The SMILES string of the molecule is C=Cc1ccc(CC2CCCC2N)cc1CCC. The predicted octanol–water partition coefficient (Wildman–Crippen LogP) is 3.95. The molecular formula is C17H25N. The van der Waals surface area contributed by atoms with Crippen molar-refractivity contribution in [2.45, 2.75) is 51.5 Å². The molecule has 0 heterocycles. The molecule has 1 aliphatic rings. The molecule has 0 amide bonds. The molecule has 1 aromatic carbocycles. The molecule has 0 bridgehead atoms. The summed E-state index contributed by atoms with van der Waals surface area (Å²) in [5.74, 6) is 0.689. The van der Waals surface area contributed by atoms with Crippen LogP contribution in [0.4, 0.5) is 0 Å². The molecule has 1 aromatic rings. The van der Waals surface area contributed by atoms with Crippen LogP contribution in [0.1, 0.15) is 49.3 Å². The third-order valence-corrected chi connectivity index (χ3v) is 4.16. The smallest absolute Gasteiger partial charge is 0.00703 e. The molecule has 1 fully saturated rings. The van der Waals surface area contributed by atoms with Crippen LogP contribution in [0.3, 0.4) is 0 Å². The van der Waals surface area contributed by atoms with E-state index in [1.54, 1.807) is 0 Å². The Kier molecular flexibility index (Phi) is 4.60. The van der Waals surface area contributed by atoms with Crippen LogP contribution in [0.2, 0.25) is 0 Å². The highest BCUT2D eigenvalue weighted by molar-refractivity contribution is 5.53. The van der Waals surface area contributed by atoms with Crippen LogP contribution in [-0.4, -0.2) is 6.04 Å². The van der Waals surface area contributed by atoms with Gasteiger partial charge in [0.25, 0.3) is 0 Å². The van der Waals surface area contributed by atoms with E-state index in [9.17, 15) is 0 Å². The molecule has 1 nitrogen and oxygen atoms in total. The maximum Gasteiger partial charge on any atom is 0.00703 e. The first-order valence-corrected chi connectivity index (χ1v) is 7.24. The minimum Gasteiger partial charge on any atom is -0.327 e. The van der Waals surface area contributed by atoms with Gasteiger partial charge in [-0.2, -0.15) is 0 Å². The Morgan fingerprint density at radius 1 is 1.39 bits per heavy atom. The molecule has 1 heteroatoms. The highest BCUT2D eigenvalue weighted by Gasteiger charge is 2.23.